The third kappa shape index (κ3) is 6.34. The third-order valence-electron chi connectivity index (χ3n) is 2.87. The van der Waals surface area contributed by atoms with Crippen molar-refractivity contribution >= 4 is 27.5 Å². The van der Waals surface area contributed by atoms with Crippen LogP contribution in [0.4, 0.5) is 32.2 Å². The Morgan fingerprint density at radius 1 is 1.11 bits per heavy atom. The summed E-state index contributed by atoms with van der Waals surface area (Å²) in [5, 5.41) is 2.33. The molecular weight excluding hydrogens is 450 g/mol. The van der Waals surface area contributed by atoms with Gasteiger partial charge in [0.1, 0.15) is 5.82 Å². The summed E-state index contributed by atoms with van der Waals surface area (Å²) in [7, 11) is 0. The molecule has 0 aliphatic rings. The number of ketones is 1. The van der Waals surface area contributed by atoms with Crippen molar-refractivity contribution in [1.29, 1.82) is 0 Å². The maximum atomic E-state index is 13.8. The highest BCUT2D eigenvalue weighted by Gasteiger charge is 2.34. The van der Waals surface area contributed by atoms with E-state index in [1.54, 1.807) is 0 Å². The van der Waals surface area contributed by atoms with Gasteiger partial charge in [0.05, 0.1) is 24.6 Å². The number of nitrogens with one attached hydrogen (secondary N) is 1. The number of alkyl halides is 6. The zero-order valence-corrected chi connectivity index (χ0v) is 14.6. The number of carbonyl (C=O) groups is 1. The fourth-order valence-corrected chi connectivity index (χ4v) is 1.80. The molecule has 2 aromatic rings. The van der Waals surface area contributed by atoms with Gasteiger partial charge in [0.15, 0.2) is 12.4 Å². The topological polar surface area (TPSA) is 77.0 Å². The van der Waals surface area contributed by atoms with Gasteiger partial charge in [-0.1, -0.05) is 0 Å². The first-order valence-corrected chi connectivity index (χ1v) is 7.76. The molecule has 0 unspecified atom stereocenters. The molecule has 0 atom stereocenters. The number of aromatic nitrogens is 3. The van der Waals surface area contributed by atoms with Gasteiger partial charge in [-0.15, -0.1) is 0 Å². The van der Waals surface area contributed by atoms with Gasteiger partial charge in [0.2, 0.25) is 5.78 Å². The van der Waals surface area contributed by atoms with Gasteiger partial charge in [-0.25, -0.2) is 14.4 Å². The van der Waals surface area contributed by atoms with Crippen LogP contribution in [-0.2, 0) is 4.79 Å². The molecule has 0 fully saturated rings. The summed E-state index contributed by atoms with van der Waals surface area (Å²) < 4.78 is 79.6. The number of halogens is 7. The monoisotopic (exact) mass is 458 g/mol. The number of hydrogen-bond acceptors (Lipinski definition) is 6. The van der Waals surface area contributed by atoms with Gasteiger partial charge in [-0.05, 0) is 22.0 Å². The lowest BCUT2D eigenvalue weighted by Crippen LogP contribution is -2.28. The van der Waals surface area contributed by atoms with E-state index < -0.39 is 41.6 Å². The molecule has 2 aromatic heterocycles. The minimum atomic E-state index is -4.64. The van der Waals surface area contributed by atoms with Crippen LogP contribution < -0.4 is 10.1 Å². The van der Waals surface area contributed by atoms with E-state index in [4.69, 9.17) is 0 Å². The van der Waals surface area contributed by atoms with Gasteiger partial charge in [0, 0.05) is 11.8 Å². The van der Waals surface area contributed by atoms with Crippen LogP contribution in [0.15, 0.2) is 24.7 Å². The maximum absolute atomic E-state index is 13.8. The van der Waals surface area contributed by atoms with Crippen LogP contribution in [0.25, 0.3) is 11.3 Å². The molecule has 0 aromatic carbocycles. The lowest BCUT2D eigenvalue weighted by molar-refractivity contribution is -0.154. The molecule has 2 rings (SSSR count). The van der Waals surface area contributed by atoms with E-state index in [-0.39, 0.29) is 17.1 Å². The second-order valence-corrected chi connectivity index (χ2v) is 5.97. The molecular formula is C14H9BrF6N4O2. The van der Waals surface area contributed by atoms with Crippen molar-refractivity contribution in [1.82, 2.24) is 15.0 Å². The molecule has 0 spiro atoms. The molecule has 146 valence electrons. The van der Waals surface area contributed by atoms with Crippen molar-refractivity contribution in [2.45, 2.75) is 11.0 Å². The average molecular weight is 459 g/mol. The van der Waals surface area contributed by atoms with E-state index in [1.807, 2.05) is 15.9 Å². The lowest BCUT2D eigenvalue weighted by atomic mass is 10.2. The first-order valence-electron chi connectivity index (χ1n) is 6.97. The molecule has 13 heteroatoms. The van der Waals surface area contributed by atoms with Gasteiger partial charge >= 0.3 is 11.0 Å². The van der Waals surface area contributed by atoms with E-state index in [0.717, 1.165) is 24.7 Å². The number of rotatable bonds is 7. The highest BCUT2D eigenvalue weighted by atomic mass is 79.9. The Labute approximate surface area is 156 Å². The van der Waals surface area contributed by atoms with Crippen molar-refractivity contribution < 1.29 is 35.9 Å². The molecule has 6 nitrogen and oxygen atoms in total. The predicted octanol–water partition coefficient (Wildman–Crippen LogP) is 3.59. The summed E-state index contributed by atoms with van der Waals surface area (Å²) in [5.41, 5.74) is 0.195. The number of ether oxygens (including phenoxy) is 1. The summed E-state index contributed by atoms with van der Waals surface area (Å²) in [6.45, 7) is -2.41. The second kappa shape index (κ2) is 8.06. The van der Waals surface area contributed by atoms with Gasteiger partial charge < -0.3 is 10.1 Å². The predicted molar refractivity (Wildman–Crippen MR) is 84.1 cm³/mol. The Bertz CT molecular complexity index is 811. The highest BCUT2D eigenvalue weighted by Crippen LogP contribution is 2.24. The van der Waals surface area contributed by atoms with Crippen molar-refractivity contribution in [2.75, 3.05) is 18.5 Å². The van der Waals surface area contributed by atoms with Crippen LogP contribution in [0.2, 0.25) is 0 Å². The first kappa shape index (κ1) is 20.9. The Kier molecular flexibility index (Phi) is 6.23. The van der Waals surface area contributed by atoms with Gasteiger partial charge in [-0.3, -0.25) is 9.78 Å². The smallest absolute Gasteiger partial charge is 0.422 e. The van der Waals surface area contributed by atoms with Crippen LogP contribution in [0.5, 0.6) is 5.88 Å². The van der Waals surface area contributed by atoms with E-state index in [1.165, 1.54) is 0 Å². The molecule has 0 amide bonds. The maximum Gasteiger partial charge on any atom is 0.422 e. The minimum absolute atomic E-state index is 0.00223. The highest BCUT2D eigenvalue weighted by molar-refractivity contribution is 9.10. The Balaban J connectivity index is 2.04. The number of pyridine rings is 1. The zero-order chi connectivity index (χ0) is 20.2. The summed E-state index contributed by atoms with van der Waals surface area (Å²) in [5.74, 6) is -3.38. The van der Waals surface area contributed by atoms with Crippen LogP contribution >= 0.6 is 15.9 Å². The first-order chi connectivity index (χ1) is 12.5. The molecule has 27 heavy (non-hydrogen) atoms. The molecule has 0 aliphatic carbocycles. The van der Waals surface area contributed by atoms with Gasteiger partial charge in [0.25, 0.3) is 5.88 Å². The van der Waals surface area contributed by atoms with Crippen LogP contribution in [0, 0.1) is 5.82 Å². The number of nitrogens with zero attached hydrogens (tertiary/aromatic N) is 3. The van der Waals surface area contributed by atoms with E-state index in [0.29, 0.717) is 0 Å². The fourth-order valence-electron chi connectivity index (χ4n) is 1.66. The number of anilines is 1. The second-order valence-electron chi connectivity index (χ2n) is 4.98. The van der Waals surface area contributed by atoms with Crippen molar-refractivity contribution in [2.24, 2.45) is 0 Å². The van der Waals surface area contributed by atoms with E-state index in [9.17, 15) is 31.1 Å². The van der Waals surface area contributed by atoms with E-state index >= 15 is 0 Å². The molecule has 0 bridgehead atoms. The molecule has 1 N–H and O–H groups in total. The summed E-state index contributed by atoms with van der Waals surface area (Å²) in [4.78, 5) is 18.5. The summed E-state index contributed by atoms with van der Waals surface area (Å²) >= 11 is 1.92. The van der Waals surface area contributed by atoms with Crippen molar-refractivity contribution in [3.8, 4) is 17.1 Å². The quantitative estimate of drug-likeness (QED) is 0.504. The van der Waals surface area contributed by atoms with Crippen LogP contribution in [0.1, 0.15) is 0 Å². The number of hydrogen-bond donors (Lipinski definition) is 1. The van der Waals surface area contributed by atoms with Gasteiger partial charge in [-0.2, -0.15) is 22.0 Å². The summed E-state index contributed by atoms with van der Waals surface area (Å²) in [6, 6.07) is 0.852. The summed E-state index contributed by atoms with van der Waals surface area (Å²) in [6.07, 6.45) is -1.38. The Morgan fingerprint density at radius 2 is 1.81 bits per heavy atom. The van der Waals surface area contributed by atoms with Crippen LogP contribution in [0.3, 0.4) is 0 Å². The molecule has 0 aliphatic heterocycles. The molecule has 2 heterocycles. The Hall–Kier alpha value is -2.44. The largest absolute Gasteiger partial charge is 0.466 e. The average Bonchev–Trinajstić information content (AvgIpc) is 2.57. The normalized spacial score (nSPS) is 12.0. The van der Waals surface area contributed by atoms with Crippen LogP contribution in [-0.4, -0.2) is 44.9 Å². The van der Waals surface area contributed by atoms with Crippen molar-refractivity contribution in [3.05, 3.63) is 30.5 Å². The zero-order valence-electron chi connectivity index (χ0n) is 13.0. The minimum Gasteiger partial charge on any atom is -0.466 e. The molecule has 0 saturated carbocycles. The number of Topliss-reactive ketones (excluding diaryl/α,β-unsaturated/α-hetero) is 1. The van der Waals surface area contributed by atoms with E-state index in [2.05, 4.69) is 25.0 Å². The fraction of sp³-hybridized carbons (Fsp3) is 0.286. The standard InChI is InChI=1S/C14H9BrF6N4O2/c15-14(20,21)10(26)4-24-11-5-22-9(3-23-11)7-1-8(16)12(25-2-7)27-6-13(17,18)19/h1-3,5H,4,6H2,(H,23,24). The Morgan fingerprint density at radius 3 is 2.33 bits per heavy atom. The SMILES string of the molecule is O=C(CNc1cnc(-c2cnc(OCC(F)(F)F)c(F)c2)cn1)C(F)(F)Br. The lowest BCUT2D eigenvalue weighted by Gasteiger charge is -2.10. The van der Waals surface area contributed by atoms with Crippen molar-refractivity contribution in [3.63, 3.8) is 0 Å². The number of carbonyl (C=O) groups excluding carboxylic acids is 1. The third-order valence-corrected chi connectivity index (χ3v) is 3.32. The molecule has 0 saturated heterocycles. The molecule has 0 radical (unpaired) electrons.